The third kappa shape index (κ3) is 2.23. The van der Waals surface area contributed by atoms with E-state index in [4.69, 9.17) is 5.11 Å². The highest BCUT2D eigenvalue weighted by Crippen LogP contribution is 2.04. The van der Waals surface area contributed by atoms with E-state index >= 15 is 0 Å². The smallest absolute Gasteiger partial charge is 0.426 e. The van der Waals surface area contributed by atoms with Crippen LogP contribution in [0.2, 0.25) is 0 Å². The molecule has 0 unspecified atom stereocenters. The second-order valence-corrected chi connectivity index (χ2v) is 3.39. The third-order valence-corrected chi connectivity index (χ3v) is 2.26. The molecule has 1 aromatic carbocycles. The predicted octanol–water partition coefficient (Wildman–Crippen LogP) is 2.30. The first-order valence-electron chi connectivity index (χ1n) is 4.95. The predicted molar refractivity (Wildman–Crippen MR) is 60.8 cm³/mol. The largest absolute Gasteiger partial charge is 0.464 e. The Morgan fingerprint density at radius 2 is 1.75 bits per heavy atom. The van der Waals surface area contributed by atoms with Crippen molar-refractivity contribution in [1.82, 2.24) is 4.68 Å². The van der Waals surface area contributed by atoms with Crippen LogP contribution in [-0.2, 0) is 6.54 Å². The lowest BCUT2D eigenvalue weighted by atomic mass is 10.2. The molecule has 0 fully saturated rings. The Kier molecular flexibility index (Phi) is 2.91. The van der Waals surface area contributed by atoms with E-state index in [2.05, 4.69) is 0 Å². The van der Waals surface area contributed by atoms with Gasteiger partial charge in [0.2, 0.25) is 0 Å². The molecule has 0 saturated carbocycles. The topological polar surface area (TPSA) is 45.5 Å². The molecule has 0 saturated heterocycles. The van der Waals surface area contributed by atoms with Gasteiger partial charge in [0, 0.05) is 12.4 Å². The second kappa shape index (κ2) is 4.53. The van der Waals surface area contributed by atoms with Gasteiger partial charge in [0.05, 0.1) is 6.54 Å². The van der Waals surface area contributed by atoms with E-state index in [9.17, 15) is 4.79 Å². The molecule has 16 heavy (non-hydrogen) atoms. The van der Waals surface area contributed by atoms with Crippen LogP contribution >= 0.6 is 0 Å². The molecule has 0 aliphatic rings. The quantitative estimate of drug-likeness (QED) is 0.855. The Balaban J connectivity index is 2.19. The first kappa shape index (κ1) is 10.3. The first-order valence-corrected chi connectivity index (χ1v) is 4.95. The number of hydrogen-bond acceptors (Lipinski definition) is 1. The van der Waals surface area contributed by atoms with Crippen molar-refractivity contribution < 1.29 is 9.90 Å². The fourth-order valence-electron chi connectivity index (χ4n) is 1.49. The summed E-state index contributed by atoms with van der Waals surface area (Å²) in [5.74, 6) is 0. The van der Waals surface area contributed by atoms with Crippen molar-refractivity contribution in [2.45, 2.75) is 6.54 Å². The highest BCUT2D eigenvalue weighted by Gasteiger charge is 2.12. The van der Waals surface area contributed by atoms with Crippen LogP contribution in [0, 0.1) is 0 Å². The Morgan fingerprint density at radius 1 is 1.12 bits per heavy atom. The van der Waals surface area contributed by atoms with Gasteiger partial charge >= 0.3 is 6.09 Å². The van der Waals surface area contributed by atoms with Gasteiger partial charge in [-0.05, 0) is 17.7 Å². The lowest BCUT2D eigenvalue weighted by molar-refractivity contribution is 0.194. The highest BCUT2D eigenvalue weighted by molar-refractivity contribution is 5.76. The molecular weight excluding hydrogens is 204 g/mol. The average Bonchev–Trinajstić information content (AvgIpc) is 2.80. The van der Waals surface area contributed by atoms with E-state index in [1.807, 2.05) is 30.3 Å². The monoisotopic (exact) mass is 216 g/mol. The van der Waals surface area contributed by atoms with Crippen LogP contribution in [-0.4, -0.2) is 15.9 Å². The van der Waals surface area contributed by atoms with Gasteiger partial charge in [-0.2, -0.15) is 0 Å². The standard InChI is InChI=1S/C12H12N2O2/c15-12(16)14(13-8-4-5-9-13)10-11-6-2-1-3-7-11/h1-9H,10H2,(H,15,16). The van der Waals surface area contributed by atoms with Crippen molar-refractivity contribution in [2.24, 2.45) is 0 Å². The number of rotatable bonds is 3. The highest BCUT2D eigenvalue weighted by atomic mass is 16.4. The van der Waals surface area contributed by atoms with Crippen molar-refractivity contribution >= 4 is 6.09 Å². The van der Waals surface area contributed by atoms with Gasteiger partial charge in [-0.25, -0.2) is 9.80 Å². The molecule has 1 aromatic heterocycles. The fourth-order valence-corrected chi connectivity index (χ4v) is 1.49. The molecule has 0 bridgehead atoms. The maximum atomic E-state index is 11.1. The number of carboxylic acid groups (broad SMARTS) is 1. The first-order chi connectivity index (χ1) is 7.77. The number of benzene rings is 1. The molecule has 2 rings (SSSR count). The van der Waals surface area contributed by atoms with Crippen LogP contribution in [0.1, 0.15) is 5.56 Å². The fraction of sp³-hybridized carbons (Fsp3) is 0.0833. The minimum absolute atomic E-state index is 0.338. The SMILES string of the molecule is O=C(O)N(Cc1ccccc1)n1cccc1. The second-order valence-electron chi connectivity index (χ2n) is 3.39. The lowest BCUT2D eigenvalue weighted by Crippen LogP contribution is -2.37. The van der Waals surface area contributed by atoms with Crippen LogP contribution in [0.4, 0.5) is 4.79 Å². The Hall–Kier alpha value is -2.23. The van der Waals surface area contributed by atoms with Gasteiger partial charge < -0.3 is 5.11 Å². The maximum absolute atomic E-state index is 11.1. The van der Waals surface area contributed by atoms with Crippen molar-refractivity contribution in [3.63, 3.8) is 0 Å². The van der Waals surface area contributed by atoms with E-state index in [0.717, 1.165) is 5.56 Å². The van der Waals surface area contributed by atoms with E-state index < -0.39 is 6.09 Å². The molecule has 1 N–H and O–H groups in total. The maximum Gasteiger partial charge on any atom is 0.426 e. The molecular formula is C12H12N2O2. The molecule has 4 heteroatoms. The van der Waals surface area contributed by atoms with Crippen LogP contribution in [0.3, 0.4) is 0 Å². The van der Waals surface area contributed by atoms with Gasteiger partial charge in [0.25, 0.3) is 0 Å². The summed E-state index contributed by atoms with van der Waals surface area (Å²) in [7, 11) is 0. The van der Waals surface area contributed by atoms with Gasteiger partial charge in [-0.1, -0.05) is 30.3 Å². The van der Waals surface area contributed by atoms with Crippen LogP contribution in [0.15, 0.2) is 54.9 Å². The van der Waals surface area contributed by atoms with Crippen LogP contribution in [0.25, 0.3) is 0 Å². The van der Waals surface area contributed by atoms with Gasteiger partial charge in [0.15, 0.2) is 0 Å². The van der Waals surface area contributed by atoms with E-state index in [1.54, 1.807) is 29.2 Å². The summed E-state index contributed by atoms with van der Waals surface area (Å²) < 4.78 is 1.55. The molecule has 0 aliphatic carbocycles. The molecule has 1 heterocycles. The molecule has 0 radical (unpaired) electrons. The third-order valence-electron chi connectivity index (χ3n) is 2.26. The Labute approximate surface area is 93.3 Å². The molecule has 2 aromatic rings. The van der Waals surface area contributed by atoms with Gasteiger partial charge in [0.1, 0.15) is 0 Å². The average molecular weight is 216 g/mol. The molecule has 0 aliphatic heterocycles. The molecule has 0 spiro atoms. The summed E-state index contributed by atoms with van der Waals surface area (Å²) >= 11 is 0. The molecule has 1 amide bonds. The van der Waals surface area contributed by atoms with Crippen LogP contribution in [0.5, 0.6) is 0 Å². The van der Waals surface area contributed by atoms with Gasteiger partial charge in [-0.15, -0.1) is 0 Å². The number of carbonyl (C=O) groups is 1. The molecule has 82 valence electrons. The summed E-state index contributed by atoms with van der Waals surface area (Å²) in [6.45, 7) is 0.338. The van der Waals surface area contributed by atoms with E-state index in [0.29, 0.717) is 6.54 Å². The van der Waals surface area contributed by atoms with Crippen molar-refractivity contribution in [3.05, 3.63) is 60.4 Å². The van der Waals surface area contributed by atoms with E-state index in [-0.39, 0.29) is 0 Å². The summed E-state index contributed by atoms with van der Waals surface area (Å²) in [5, 5.41) is 10.4. The number of nitrogens with zero attached hydrogens (tertiary/aromatic N) is 2. The number of amides is 1. The summed E-state index contributed by atoms with van der Waals surface area (Å²) in [5.41, 5.74) is 0.957. The number of hydrogen-bond donors (Lipinski definition) is 1. The molecule has 0 atom stereocenters. The zero-order chi connectivity index (χ0) is 11.4. The minimum atomic E-state index is -0.972. The van der Waals surface area contributed by atoms with Crippen molar-refractivity contribution in [2.75, 3.05) is 5.01 Å². The Bertz CT molecular complexity index is 451. The minimum Gasteiger partial charge on any atom is -0.464 e. The zero-order valence-corrected chi connectivity index (χ0v) is 8.65. The van der Waals surface area contributed by atoms with E-state index in [1.165, 1.54) is 5.01 Å². The van der Waals surface area contributed by atoms with Gasteiger partial charge in [-0.3, -0.25) is 4.68 Å². The zero-order valence-electron chi connectivity index (χ0n) is 8.65. The summed E-state index contributed by atoms with van der Waals surface area (Å²) in [4.78, 5) is 11.1. The lowest BCUT2D eigenvalue weighted by Gasteiger charge is -2.20. The number of aromatic nitrogens is 1. The van der Waals surface area contributed by atoms with Crippen molar-refractivity contribution in [1.29, 1.82) is 0 Å². The van der Waals surface area contributed by atoms with Crippen molar-refractivity contribution in [3.8, 4) is 0 Å². The summed E-state index contributed by atoms with van der Waals surface area (Å²) in [6.07, 6.45) is 2.44. The Morgan fingerprint density at radius 3 is 2.31 bits per heavy atom. The summed E-state index contributed by atoms with van der Waals surface area (Å²) in [6, 6.07) is 13.1. The normalized spacial score (nSPS) is 10.0. The molecule has 4 nitrogen and oxygen atoms in total. The van der Waals surface area contributed by atoms with Crippen LogP contribution < -0.4 is 5.01 Å².